The van der Waals surface area contributed by atoms with Gasteiger partial charge in [0.1, 0.15) is 0 Å². The van der Waals surface area contributed by atoms with Gasteiger partial charge in [-0.3, -0.25) is 9.69 Å². The molecule has 0 aromatic carbocycles. The molecule has 0 saturated carbocycles. The fraction of sp³-hybridized carbons (Fsp3) is 0.917. The third-order valence-electron chi connectivity index (χ3n) is 3.36. The molecule has 1 aliphatic heterocycles. The van der Waals surface area contributed by atoms with Crippen molar-refractivity contribution >= 4 is 5.91 Å². The Morgan fingerprint density at radius 3 is 2.88 bits per heavy atom. The van der Waals surface area contributed by atoms with Crippen LogP contribution < -0.4 is 5.32 Å². The molecule has 0 aliphatic carbocycles. The Morgan fingerprint density at radius 1 is 1.47 bits per heavy atom. The first kappa shape index (κ1) is 14.4. The lowest BCUT2D eigenvalue weighted by molar-refractivity contribution is -0.133. The predicted octanol–water partition coefficient (Wildman–Crippen LogP) is -0.225. The second-order valence-electron chi connectivity index (χ2n) is 4.55. The first-order valence-electron chi connectivity index (χ1n) is 6.36. The van der Waals surface area contributed by atoms with E-state index in [1.165, 1.54) is 0 Å². The fourth-order valence-electron chi connectivity index (χ4n) is 2.09. The van der Waals surface area contributed by atoms with Gasteiger partial charge in [0, 0.05) is 39.3 Å². The van der Waals surface area contributed by atoms with Gasteiger partial charge < -0.3 is 15.0 Å². The van der Waals surface area contributed by atoms with Crippen molar-refractivity contribution in [3.8, 4) is 0 Å². The number of piperazine rings is 1. The van der Waals surface area contributed by atoms with Crippen LogP contribution in [0.15, 0.2) is 0 Å². The van der Waals surface area contributed by atoms with E-state index in [9.17, 15) is 4.79 Å². The lowest BCUT2D eigenvalue weighted by Gasteiger charge is -2.39. The molecule has 0 aromatic heterocycles. The maximum Gasteiger partial charge on any atom is 0.236 e. The molecule has 1 N–H and O–H groups in total. The molecular weight excluding hydrogens is 218 g/mol. The zero-order valence-electron chi connectivity index (χ0n) is 11.2. The number of amides is 1. The van der Waals surface area contributed by atoms with Crippen molar-refractivity contribution in [2.24, 2.45) is 0 Å². The number of likely N-dealkylation sites (N-methyl/N-ethyl adjacent to an activating group) is 1. The third-order valence-corrected chi connectivity index (χ3v) is 3.36. The molecule has 5 heteroatoms. The number of ether oxygens (including phenoxy) is 1. The van der Waals surface area contributed by atoms with Crippen LogP contribution in [0, 0.1) is 0 Å². The number of hydrogen-bond donors (Lipinski definition) is 1. The summed E-state index contributed by atoms with van der Waals surface area (Å²) in [7, 11) is 3.79. The van der Waals surface area contributed by atoms with E-state index in [0.29, 0.717) is 19.2 Å². The van der Waals surface area contributed by atoms with Crippen LogP contribution >= 0.6 is 0 Å². The second-order valence-corrected chi connectivity index (χ2v) is 4.55. The molecule has 100 valence electrons. The highest BCUT2D eigenvalue weighted by atomic mass is 16.5. The van der Waals surface area contributed by atoms with E-state index in [4.69, 9.17) is 4.74 Å². The molecule has 1 atom stereocenters. The molecule has 1 unspecified atom stereocenters. The van der Waals surface area contributed by atoms with Crippen molar-refractivity contribution in [3.05, 3.63) is 0 Å². The molecule has 0 spiro atoms. The molecule has 1 saturated heterocycles. The largest absolute Gasteiger partial charge is 0.383 e. The van der Waals surface area contributed by atoms with Crippen LogP contribution in [0.5, 0.6) is 0 Å². The van der Waals surface area contributed by atoms with E-state index in [2.05, 4.69) is 24.2 Å². The van der Waals surface area contributed by atoms with Crippen molar-refractivity contribution in [2.45, 2.75) is 19.4 Å². The highest BCUT2D eigenvalue weighted by Gasteiger charge is 2.25. The van der Waals surface area contributed by atoms with Gasteiger partial charge in [-0.15, -0.1) is 0 Å². The van der Waals surface area contributed by atoms with Crippen LogP contribution in [0.25, 0.3) is 0 Å². The monoisotopic (exact) mass is 243 g/mol. The van der Waals surface area contributed by atoms with Crippen LogP contribution in [-0.4, -0.2) is 75.2 Å². The van der Waals surface area contributed by atoms with E-state index >= 15 is 0 Å². The Labute approximate surface area is 104 Å². The first-order chi connectivity index (χ1) is 8.19. The smallest absolute Gasteiger partial charge is 0.236 e. The SMILES string of the molecule is CCC1CN(C(=O)CNCCOC)CCN1C. The summed E-state index contributed by atoms with van der Waals surface area (Å²) in [6.45, 7) is 6.65. The fourth-order valence-corrected chi connectivity index (χ4v) is 2.09. The van der Waals surface area contributed by atoms with Gasteiger partial charge >= 0.3 is 0 Å². The van der Waals surface area contributed by atoms with Gasteiger partial charge in [0.25, 0.3) is 0 Å². The van der Waals surface area contributed by atoms with E-state index in [0.717, 1.165) is 32.6 Å². The minimum Gasteiger partial charge on any atom is -0.383 e. The number of rotatable bonds is 6. The van der Waals surface area contributed by atoms with Gasteiger partial charge in [-0.25, -0.2) is 0 Å². The van der Waals surface area contributed by atoms with Crippen LogP contribution in [-0.2, 0) is 9.53 Å². The second kappa shape index (κ2) is 7.63. The van der Waals surface area contributed by atoms with Crippen LogP contribution in [0.1, 0.15) is 13.3 Å². The molecule has 1 rings (SSSR count). The Balaban J connectivity index is 2.27. The van der Waals surface area contributed by atoms with Gasteiger partial charge in [-0.1, -0.05) is 6.92 Å². The van der Waals surface area contributed by atoms with E-state index < -0.39 is 0 Å². The first-order valence-corrected chi connectivity index (χ1v) is 6.36. The van der Waals surface area contributed by atoms with Gasteiger partial charge in [0.15, 0.2) is 0 Å². The van der Waals surface area contributed by atoms with Gasteiger partial charge in [-0.05, 0) is 13.5 Å². The summed E-state index contributed by atoms with van der Waals surface area (Å²) in [6.07, 6.45) is 1.09. The summed E-state index contributed by atoms with van der Waals surface area (Å²) in [5, 5.41) is 3.10. The number of nitrogens with one attached hydrogen (secondary N) is 1. The zero-order valence-corrected chi connectivity index (χ0v) is 11.2. The van der Waals surface area contributed by atoms with E-state index in [-0.39, 0.29) is 5.91 Å². The maximum absolute atomic E-state index is 11.9. The Hall–Kier alpha value is -0.650. The highest BCUT2D eigenvalue weighted by molar-refractivity contribution is 5.78. The minimum atomic E-state index is 0.202. The molecule has 0 radical (unpaired) electrons. The molecule has 1 amide bonds. The quantitative estimate of drug-likeness (QED) is 0.655. The van der Waals surface area contributed by atoms with Crippen LogP contribution in [0.4, 0.5) is 0 Å². The summed E-state index contributed by atoms with van der Waals surface area (Å²) in [4.78, 5) is 16.2. The number of carbonyl (C=O) groups is 1. The molecule has 17 heavy (non-hydrogen) atoms. The average Bonchev–Trinajstić information content (AvgIpc) is 2.35. The van der Waals surface area contributed by atoms with Gasteiger partial charge in [0.05, 0.1) is 13.2 Å². The Morgan fingerprint density at radius 2 is 2.24 bits per heavy atom. The topological polar surface area (TPSA) is 44.8 Å². The molecule has 5 nitrogen and oxygen atoms in total. The standard InChI is InChI=1S/C12H25N3O2/c1-4-11-10-15(7-6-14(11)2)12(16)9-13-5-8-17-3/h11,13H,4-10H2,1-3H3. The van der Waals surface area contributed by atoms with Crippen molar-refractivity contribution in [1.29, 1.82) is 0 Å². The summed E-state index contributed by atoms with van der Waals surface area (Å²) in [6, 6.07) is 0.506. The van der Waals surface area contributed by atoms with Gasteiger partial charge in [-0.2, -0.15) is 0 Å². The number of hydrogen-bond acceptors (Lipinski definition) is 4. The molecule has 0 aromatic rings. The third kappa shape index (κ3) is 4.61. The van der Waals surface area contributed by atoms with Crippen LogP contribution in [0.3, 0.4) is 0 Å². The highest BCUT2D eigenvalue weighted by Crippen LogP contribution is 2.10. The van der Waals surface area contributed by atoms with Crippen molar-refractivity contribution in [2.75, 3.05) is 53.5 Å². The molecule has 1 aliphatic rings. The Kier molecular flexibility index (Phi) is 6.47. The lowest BCUT2D eigenvalue weighted by atomic mass is 10.1. The van der Waals surface area contributed by atoms with Crippen LogP contribution in [0.2, 0.25) is 0 Å². The number of methoxy groups -OCH3 is 1. The molecule has 0 bridgehead atoms. The molecule has 1 heterocycles. The van der Waals surface area contributed by atoms with Crippen molar-refractivity contribution in [3.63, 3.8) is 0 Å². The van der Waals surface area contributed by atoms with E-state index in [1.807, 2.05) is 4.90 Å². The lowest BCUT2D eigenvalue weighted by Crippen LogP contribution is -2.54. The van der Waals surface area contributed by atoms with Gasteiger partial charge in [0.2, 0.25) is 5.91 Å². The van der Waals surface area contributed by atoms with E-state index in [1.54, 1.807) is 7.11 Å². The summed E-state index contributed by atoms with van der Waals surface area (Å²) in [5.74, 6) is 0.202. The summed E-state index contributed by atoms with van der Waals surface area (Å²) in [5.41, 5.74) is 0. The normalized spacial score (nSPS) is 21.8. The average molecular weight is 243 g/mol. The minimum absolute atomic E-state index is 0.202. The number of nitrogens with zero attached hydrogens (tertiary/aromatic N) is 2. The number of carbonyl (C=O) groups excluding carboxylic acids is 1. The summed E-state index contributed by atoms with van der Waals surface area (Å²) < 4.78 is 4.92. The summed E-state index contributed by atoms with van der Waals surface area (Å²) >= 11 is 0. The van der Waals surface area contributed by atoms with Crippen molar-refractivity contribution in [1.82, 2.24) is 15.1 Å². The molecular formula is C12H25N3O2. The molecule has 1 fully saturated rings. The zero-order chi connectivity index (χ0) is 12.7. The Bertz CT molecular complexity index is 236. The van der Waals surface area contributed by atoms with Crippen molar-refractivity contribution < 1.29 is 9.53 Å². The predicted molar refractivity (Wildman–Crippen MR) is 68.0 cm³/mol. The maximum atomic E-state index is 11.9.